The van der Waals surface area contributed by atoms with Crippen LogP contribution in [0.5, 0.6) is 0 Å². The van der Waals surface area contributed by atoms with Crippen LogP contribution < -0.4 is 10.2 Å². The first-order chi connectivity index (χ1) is 11.7. The summed E-state index contributed by atoms with van der Waals surface area (Å²) in [5.41, 5.74) is 0.546. The van der Waals surface area contributed by atoms with Crippen molar-refractivity contribution in [3.05, 3.63) is 49.6 Å². The van der Waals surface area contributed by atoms with E-state index < -0.39 is 17.9 Å². The largest absolute Gasteiger partial charge is 2.00 e. The fourth-order valence-corrected chi connectivity index (χ4v) is 1.15. The topological polar surface area (TPSA) is 118 Å². The SMILES string of the molecule is C=C.C=C(C)C(=O)O.C=C(CC(C)C)C(=O)[O-].C=C(CC(C)C)C(=O)[O-].[Zn+2]. The van der Waals surface area contributed by atoms with E-state index in [4.69, 9.17) is 5.11 Å². The zero-order valence-electron chi connectivity index (χ0n) is 17.3. The molecule has 6 nitrogen and oxygen atoms in total. The first-order valence-corrected chi connectivity index (χ1v) is 7.89. The zero-order chi connectivity index (χ0) is 22.0. The minimum absolute atomic E-state index is 0. The fourth-order valence-electron chi connectivity index (χ4n) is 1.15. The first-order valence-electron chi connectivity index (χ1n) is 7.89. The van der Waals surface area contributed by atoms with Gasteiger partial charge in [-0.25, -0.2) is 4.79 Å². The van der Waals surface area contributed by atoms with Crippen LogP contribution in [0.2, 0.25) is 0 Å². The molecule has 0 rings (SSSR count). The quantitative estimate of drug-likeness (QED) is 0.373. The average molecular weight is 434 g/mol. The maximum absolute atomic E-state index is 10.0. The number of carboxylic acids is 3. The van der Waals surface area contributed by atoms with Crippen LogP contribution in [-0.4, -0.2) is 23.0 Å². The Labute approximate surface area is 176 Å². The van der Waals surface area contributed by atoms with E-state index in [1.54, 1.807) is 0 Å². The Morgan fingerprint density at radius 1 is 0.815 bits per heavy atom. The van der Waals surface area contributed by atoms with Gasteiger partial charge in [-0.05, 0) is 42.7 Å². The second kappa shape index (κ2) is 22.0. The molecule has 0 saturated heterocycles. The fraction of sp³-hybridized carbons (Fsp3) is 0.450. The summed E-state index contributed by atoms with van der Waals surface area (Å²) < 4.78 is 0. The molecule has 0 aromatic heterocycles. The molecule has 0 aliphatic carbocycles. The Morgan fingerprint density at radius 2 is 1.00 bits per heavy atom. The van der Waals surface area contributed by atoms with E-state index in [-0.39, 0.29) is 36.2 Å². The van der Waals surface area contributed by atoms with Gasteiger partial charge in [-0.15, -0.1) is 13.2 Å². The van der Waals surface area contributed by atoms with Gasteiger partial charge in [-0.2, -0.15) is 0 Å². The van der Waals surface area contributed by atoms with E-state index in [0.29, 0.717) is 24.7 Å². The summed E-state index contributed by atoms with van der Waals surface area (Å²) in [7, 11) is 0. The summed E-state index contributed by atoms with van der Waals surface area (Å²) >= 11 is 0. The average Bonchev–Trinajstić information content (AvgIpc) is 2.48. The van der Waals surface area contributed by atoms with Crippen LogP contribution in [0.15, 0.2) is 49.6 Å². The molecular weight excluding hydrogens is 402 g/mol. The predicted molar refractivity (Wildman–Crippen MR) is 101 cm³/mol. The van der Waals surface area contributed by atoms with Gasteiger partial charge in [0.25, 0.3) is 0 Å². The number of carbonyl (C=O) groups is 3. The molecule has 0 radical (unpaired) electrons. The minimum Gasteiger partial charge on any atom is -0.545 e. The van der Waals surface area contributed by atoms with Crippen LogP contribution in [0.4, 0.5) is 0 Å². The molecule has 0 heterocycles. The number of rotatable bonds is 7. The number of hydrogen-bond acceptors (Lipinski definition) is 5. The molecule has 0 aromatic carbocycles. The van der Waals surface area contributed by atoms with E-state index in [1.165, 1.54) is 6.92 Å². The first kappa shape index (κ1) is 36.0. The molecule has 0 aromatic rings. The maximum Gasteiger partial charge on any atom is 2.00 e. The third-order valence-corrected chi connectivity index (χ3v) is 2.25. The summed E-state index contributed by atoms with van der Waals surface area (Å²) in [6, 6.07) is 0. The van der Waals surface area contributed by atoms with Crippen molar-refractivity contribution in [1.82, 2.24) is 0 Å². The van der Waals surface area contributed by atoms with E-state index in [0.717, 1.165) is 0 Å². The number of hydrogen-bond donors (Lipinski definition) is 1. The predicted octanol–water partition coefficient (Wildman–Crippen LogP) is 2.12. The maximum atomic E-state index is 10.0. The van der Waals surface area contributed by atoms with Crippen LogP contribution in [-0.2, 0) is 33.9 Å². The van der Waals surface area contributed by atoms with Gasteiger partial charge in [-0.3, -0.25) is 0 Å². The number of carbonyl (C=O) groups excluding carboxylic acids is 2. The zero-order valence-corrected chi connectivity index (χ0v) is 20.3. The van der Waals surface area contributed by atoms with Crippen LogP contribution in [0.25, 0.3) is 0 Å². The van der Waals surface area contributed by atoms with Crippen molar-refractivity contribution in [2.75, 3.05) is 0 Å². The van der Waals surface area contributed by atoms with Crippen LogP contribution in [0.3, 0.4) is 0 Å². The van der Waals surface area contributed by atoms with Crippen molar-refractivity contribution >= 4 is 17.9 Å². The third-order valence-electron chi connectivity index (χ3n) is 2.25. The molecule has 0 amide bonds. The summed E-state index contributed by atoms with van der Waals surface area (Å²) in [6.07, 6.45) is 1.03. The molecule has 150 valence electrons. The van der Waals surface area contributed by atoms with Crippen LogP contribution >= 0.6 is 0 Å². The van der Waals surface area contributed by atoms with Gasteiger partial charge in [0.15, 0.2) is 0 Å². The van der Waals surface area contributed by atoms with E-state index in [2.05, 4.69) is 32.9 Å². The van der Waals surface area contributed by atoms with Crippen molar-refractivity contribution < 1.29 is 49.2 Å². The molecule has 0 spiro atoms. The molecule has 0 aliphatic rings. The Kier molecular flexibility index (Phi) is 29.4. The summed E-state index contributed by atoms with van der Waals surface area (Å²) in [4.78, 5) is 29.6. The van der Waals surface area contributed by atoms with Crippen molar-refractivity contribution in [1.29, 1.82) is 0 Å². The monoisotopic (exact) mass is 432 g/mol. The van der Waals surface area contributed by atoms with Crippen molar-refractivity contribution in [3.8, 4) is 0 Å². The Morgan fingerprint density at radius 3 is 1.04 bits per heavy atom. The Bertz CT molecular complexity index is 449. The molecule has 1 N–H and O–H groups in total. The van der Waals surface area contributed by atoms with Gasteiger partial charge >= 0.3 is 25.4 Å². The van der Waals surface area contributed by atoms with Gasteiger partial charge < -0.3 is 24.9 Å². The molecule has 0 fully saturated rings. The Hall–Kier alpha value is -2.01. The summed E-state index contributed by atoms with van der Waals surface area (Å²) in [5.74, 6) is -2.52. The van der Waals surface area contributed by atoms with Gasteiger partial charge in [-0.1, -0.05) is 47.4 Å². The summed E-state index contributed by atoms with van der Waals surface area (Å²) in [5, 5.41) is 27.9. The van der Waals surface area contributed by atoms with Crippen molar-refractivity contribution in [2.45, 2.75) is 47.5 Å². The Balaban J connectivity index is -0.0000000856. The van der Waals surface area contributed by atoms with Gasteiger partial charge in [0.05, 0.1) is 11.9 Å². The number of carboxylic acid groups (broad SMARTS) is 3. The molecule has 0 aliphatic heterocycles. The normalized spacial score (nSPS) is 8.26. The van der Waals surface area contributed by atoms with E-state index in [9.17, 15) is 24.6 Å². The molecule has 0 unspecified atom stereocenters. The molecular formula is C20H32O6Zn. The molecule has 7 heteroatoms. The molecule has 0 atom stereocenters. The van der Waals surface area contributed by atoms with Crippen molar-refractivity contribution in [2.24, 2.45) is 11.8 Å². The van der Waals surface area contributed by atoms with E-state index >= 15 is 0 Å². The van der Waals surface area contributed by atoms with Crippen LogP contribution in [0, 0.1) is 11.8 Å². The molecule has 0 saturated carbocycles. The smallest absolute Gasteiger partial charge is 0.545 e. The minimum atomic E-state index is -1.14. The second-order valence-electron chi connectivity index (χ2n) is 6.06. The van der Waals surface area contributed by atoms with Gasteiger partial charge in [0, 0.05) is 5.57 Å². The molecule has 0 bridgehead atoms. The molecule has 27 heavy (non-hydrogen) atoms. The second-order valence-corrected chi connectivity index (χ2v) is 6.06. The summed E-state index contributed by atoms with van der Waals surface area (Å²) in [6.45, 7) is 25.0. The third kappa shape index (κ3) is 35.8. The van der Waals surface area contributed by atoms with Crippen molar-refractivity contribution in [3.63, 3.8) is 0 Å². The number of aliphatic carboxylic acids is 3. The van der Waals surface area contributed by atoms with Gasteiger partial charge in [0.2, 0.25) is 0 Å². The van der Waals surface area contributed by atoms with Gasteiger partial charge in [0.1, 0.15) is 0 Å². The van der Waals surface area contributed by atoms with E-state index in [1.807, 2.05) is 27.7 Å². The standard InChI is InChI=1S/2C7H12O2.C4H6O2.C2H4.Zn/c2*1-5(2)4-6(3)7(8)9;1-3(2)4(5)6;1-2;/h2*5H,3-4H2,1-2H3,(H,8,9);1H2,2H3,(H,5,6);1-2H2;/q;;;;+2/p-2. The van der Waals surface area contributed by atoms with Crippen LogP contribution in [0.1, 0.15) is 47.5 Å².